The highest BCUT2D eigenvalue weighted by Gasteiger charge is 2.06. The first-order valence-corrected chi connectivity index (χ1v) is 7.33. The number of nitrogens with two attached hydrogens (primary N) is 1. The Kier molecular flexibility index (Phi) is 3.74. The number of aryl methyl sites for hydroxylation is 3. The first-order chi connectivity index (χ1) is 8.06. The second-order valence-corrected chi connectivity index (χ2v) is 6.07. The van der Waals surface area contributed by atoms with Crippen molar-refractivity contribution in [3.63, 3.8) is 0 Å². The van der Waals surface area contributed by atoms with Gasteiger partial charge in [0.1, 0.15) is 0 Å². The number of thioether (sulfide) groups is 1. The molecule has 2 nitrogen and oxygen atoms in total. The molecule has 2 N–H and O–H groups in total. The molecule has 0 aliphatic heterocycles. The lowest BCUT2D eigenvalue weighted by atomic mass is 10.1. The fraction of sp³-hybridized carbons (Fsp3) is 0.308. The van der Waals surface area contributed by atoms with Crippen molar-refractivity contribution in [3.8, 4) is 0 Å². The molecule has 4 heteroatoms. The number of rotatable bonds is 3. The SMILES string of the molecule is Cc1cc(C)c(SCc2csc(N)n2)c(C)c1. The van der Waals surface area contributed by atoms with E-state index in [1.54, 1.807) is 0 Å². The molecule has 0 amide bonds. The van der Waals surface area contributed by atoms with Crippen molar-refractivity contribution in [1.82, 2.24) is 4.98 Å². The summed E-state index contributed by atoms with van der Waals surface area (Å²) in [6, 6.07) is 4.45. The van der Waals surface area contributed by atoms with E-state index >= 15 is 0 Å². The van der Waals surface area contributed by atoms with Gasteiger partial charge in [0.25, 0.3) is 0 Å². The van der Waals surface area contributed by atoms with E-state index in [0.29, 0.717) is 5.13 Å². The summed E-state index contributed by atoms with van der Waals surface area (Å²) in [6.45, 7) is 6.46. The van der Waals surface area contributed by atoms with Gasteiger partial charge in [0.15, 0.2) is 5.13 Å². The van der Waals surface area contributed by atoms with Crippen LogP contribution in [0.15, 0.2) is 22.4 Å². The molecule has 90 valence electrons. The molecule has 17 heavy (non-hydrogen) atoms. The molecule has 2 aromatic rings. The van der Waals surface area contributed by atoms with Crippen LogP contribution < -0.4 is 5.73 Å². The quantitative estimate of drug-likeness (QED) is 0.853. The molecule has 0 saturated carbocycles. The molecule has 0 radical (unpaired) electrons. The number of aromatic nitrogens is 1. The molecule has 0 saturated heterocycles. The average molecular weight is 264 g/mol. The zero-order valence-corrected chi connectivity index (χ0v) is 11.9. The van der Waals surface area contributed by atoms with E-state index in [-0.39, 0.29) is 0 Å². The van der Waals surface area contributed by atoms with Gasteiger partial charge in [0.05, 0.1) is 5.69 Å². The van der Waals surface area contributed by atoms with Crippen LogP contribution in [0.5, 0.6) is 0 Å². The third kappa shape index (κ3) is 3.01. The zero-order chi connectivity index (χ0) is 12.4. The number of nitrogen functional groups attached to an aromatic ring is 1. The molecule has 1 aromatic carbocycles. The maximum absolute atomic E-state index is 5.63. The van der Waals surface area contributed by atoms with Crippen LogP contribution in [0.4, 0.5) is 5.13 Å². The van der Waals surface area contributed by atoms with Crippen LogP contribution in [0.2, 0.25) is 0 Å². The molecule has 0 spiro atoms. The summed E-state index contributed by atoms with van der Waals surface area (Å²) < 4.78 is 0. The third-order valence-corrected chi connectivity index (χ3v) is 4.63. The lowest BCUT2D eigenvalue weighted by molar-refractivity contribution is 1.17. The highest BCUT2D eigenvalue weighted by molar-refractivity contribution is 7.98. The van der Waals surface area contributed by atoms with Crippen LogP contribution in [-0.4, -0.2) is 4.98 Å². The minimum atomic E-state index is 0.651. The second-order valence-electron chi connectivity index (χ2n) is 4.19. The summed E-state index contributed by atoms with van der Waals surface area (Å²) in [6.07, 6.45) is 0. The molecule has 2 rings (SSSR count). The van der Waals surface area contributed by atoms with E-state index in [1.165, 1.54) is 32.9 Å². The maximum Gasteiger partial charge on any atom is 0.180 e. The Morgan fingerprint density at radius 3 is 2.41 bits per heavy atom. The van der Waals surface area contributed by atoms with Crippen LogP contribution in [-0.2, 0) is 5.75 Å². The first kappa shape index (κ1) is 12.5. The van der Waals surface area contributed by atoms with Gasteiger partial charge in [-0.1, -0.05) is 17.7 Å². The minimum absolute atomic E-state index is 0.651. The normalized spacial score (nSPS) is 10.8. The fourth-order valence-electron chi connectivity index (χ4n) is 1.93. The van der Waals surface area contributed by atoms with Crippen molar-refractivity contribution in [3.05, 3.63) is 39.9 Å². The fourth-order valence-corrected chi connectivity index (χ4v) is 3.61. The van der Waals surface area contributed by atoms with E-state index in [9.17, 15) is 0 Å². The molecular formula is C13H16N2S2. The molecule has 1 aromatic heterocycles. The van der Waals surface area contributed by atoms with Gasteiger partial charge in [-0.15, -0.1) is 23.1 Å². The summed E-state index contributed by atoms with van der Waals surface area (Å²) in [5, 5.41) is 2.68. The van der Waals surface area contributed by atoms with E-state index < -0.39 is 0 Å². The zero-order valence-electron chi connectivity index (χ0n) is 10.3. The van der Waals surface area contributed by atoms with Gasteiger partial charge in [0.2, 0.25) is 0 Å². The minimum Gasteiger partial charge on any atom is -0.375 e. The van der Waals surface area contributed by atoms with Gasteiger partial charge in [-0.3, -0.25) is 0 Å². The Balaban J connectivity index is 2.14. The van der Waals surface area contributed by atoms with Gasteiger partial charge in [0, 0.05) is 16.0 Å². The highest BCUT2D eigenvalue weighted by atomic mass is 32.2. The van der Waals surface area contributed by atoms with Gasteiger partial charge < -0.3 is 5.73 Å². The molecule has 0 bridgehead atoms. The molecule has 0 aliphatic carbocycles. The summed E-state index contributed by atoms with van der Waals surface area (Å²) in [5.74, 6) is 0.887. The molecule has 0 unspecified atom stereocenters. The Bertz CT molecular complexity index is 509. The number of benzene rings is 1. The van der Waals surface area contributed by atoms with Gasteiger partial charge in [-0.2, -0.15) is 0 Å². The van der Waals surface area contributed by atoms with Crippen molar-refractivity contribution < 1.29 is 0 Å². The molecular weight excluding hydrogens is 248 g/mol. The Labute approximate surface area is 110 Å². The van der Waals surface area contributed by atoms with Crippen molar-refractivity contribution >= 4 is 28.2 Å². The van der Waals surface area contributed by atoms with Gasteiger partial charge >= 0.3 is 0 Å². The van der Waals surface area contributed by atoms with Gasteiger partial charge in [-0.05, 0) is 31.9 Å². The second kappa shape index (κ2) is 5.10. The van der Waals surface area contributed by atoms with Crippen molar-refractivity contribution in [2.24, 2.45) is 0 Å². The number of nitrogens with zero attached hydrogens (tertiary/aromatic N) is 1. The lowest BCUT2D eigenvalue weighted by Gasteiger charge is -2.09. The number of anilines is 1. The predicted molar refractivity (Wildman–Crippen MR) is 76.7 cm³/mol. The largest absolute Gasteiger partial charge is 0.375 e. The monoisotopic (exact) mass is 264 g/mol. The Morgan fingerprint density at radius 1 is 1.24 bits per heavy atom. The highest BCUT2D eigenvalue weighted by Crippen LogP contribution is 2.30. The van der Waals surface area contributed by atoms with Crippen LogP contribution in [0.25, 0.3) is 0 Å². The van der Waals surface area contributed by atoms with E-state index in [0.717, 1.165) is 11.4 Å². The Hall–Kier alpha value is -1.00. The van der Waals surface area contributed by atoms with Crippen LogP contribution in [0.1, 0.15) is 22.4 Å². The molecule has 1 heterocycles. The third-order valence-electron chi connectivity index (χ3n) is 2.54. The predicted octanol–water partition coefficient (Wildman–Crippen LogP) is 3.94. The first-order valence-electron chi connectivity index (χ1n) is 5.47. The van der Waals surface area contributed by atoms with E-state index in [4.69, 9.17) is 5.73 Å². The van der Waals surface area contributed by atoms with Gasteiger partial charge in [-0.25, -0.2) is 4.98 Å². The van der Waals surface area contributed by atoms with E-state index in [2.05, 4.69) is 37.9 Å². The number of hydrogen-bond donors (Lipinski definition) is 1. The maximum atomic E-state index is 5.63. The summed E-state index contributed by atoms with van der Waals surface area (Å²) in [5.41, 5.74) is 10.7. The van der Waals surface area contributed by atoms with Crippen molar-refractivity contribution in [2.75, 3.05) is 5.73 Å². The summed E-state index contributed by atoms with van der Waals surface area (Å²) in [7, 11) is 0. The standard InChI is InChI=1S/C13H16N2S2/c1-8-4-9(2)12(10(3)5-8)16-6-11-7-17-13(14)15-11/h4-5,7H,6H2,1-3H3,(H2,14,15). The smallest absolute Gasteiger partial charge is 0.180 e. The number of thiazole rings is 1. The lowest BCUT2D eigenvalue weighted by Crippen LogP contribution is -1.90. The van der Waals surface area contributed by atoms with Crippen LogP contribution in [0.3, 0.4) is 0 Å². The molecule has 0 aliphatic rings. The van der Waals surface area contributed by atoms with E-state index in [1.807, 2.05) is 17.1 Å². The average Bonchev–Trinajstić information content (AvgIpc) is 2.62. The number of hydrogen-bond acceptors (Lipinski definition) is 4. The summed E-state index contributed by atoms with van der Waals surface area (Å²) >= 11 is 3.34. The Morgan fingerprint density at radius 2 is 1.88 bits per heavy atom. The topological polar surface area (TPSA) is 38.9 Å². The summed E-state index contributed by atoms with van der Waals surface area (Å²) in [4.78, 5) is 5.64. The van der Waals surface area contributed by atoms with Crippen LogP contribution >= 0.6 is 23.1 Å². The van der Waals surface area contributed by atoms with Crippen molar-refractivity contribution in [2.45, 2.75) is 31.4 Å². The van der Waals surface area contributed by atoms with Crippen molar-refractivity contribution in [1.29, 1.82) is 0 Å². The van der Waals surface area contributed by atoms with Crippen LogP contribution in [0, 0.1) is 20.8 Å². The molecule has 0 atom stereocenters. The molecule has 0 fully saturated rings.